The van der Waals surface area contributed by atoms with E-state index >= 15 is 0 Å². The molecule has 1 saturated carbocycles. The molecule has 0 unspecified atom stereocenters. The highest BCUT2D eigenvalue weighted by atomic mass is 16.5. The first-order valence-corrected chi connectivity index (χ1v) is 7.34. The van der Waals surface area contributed by atoms with Crippen LogP contribution < -0.4 is 10.1 Å². The molecule has 2 heteroatoms. The first kappa shape index (κ1) is 14.1. The van der Waals surface area contributed by atoms with Gasteiger partial charge in [-0.3, -0.25) is 0 Å². The van der Waals surface area contributed by atoms with Gasteiger partial charge in [0.15, 0.2) is 0 Å². The Morgan fingerprint density at radius 2 is 2.00 bits per heavy atom. The van der Waals surface area contributed by atoms with Crippen LogP contribution in [0.4, 0.5) is 0 Å². The molecule has 1 aliphatic carbocycles. The molecule has 1 aliphatic rings. The molecular formula is C17H25NO. The molecule has 1 N–H and O–H groups in total. The van der Waals surface area contributed by atoms with Crippen molar-refractivity contribution in [1.82, 2.24) is 5.32 Å². The lowest BCUT2D eigenvalue weighted by molar-refractivity contribution is 0.340. The minimum atomic E-state index is 0.598. The third-order valence-electron chi connectivity index (χ3n) is 3.63. The van der Waals surface area contributed by atoms with Crippen molar-refractivity contribution in [3.05, 3.63) is 42.0 Å². The van der Waals surface area contributed by atoms with Crippen LogP contribution in [0.25, 0.3) is 0 Å². The second-order valence-corrected chi connectivity index (χ2v) is 5.57. The Morgan fingerprint density at radius 3 is 2.74 bits per heavy atom. The Kier molecular flexibility index (Phi) is 5.46. The molecule has 19 heavy (non-hydrogen) atoms. The van der Waals surface area contributed by atoms with E-state index in [1.54, 1.807) is 0 Å². The number of benzene rings is 1. The Bertz CT molecular complexity index is 407. The van der Waals surface area contributed by atoms with Gasteiger partial charge in [-0.1, -0.05) is 44.0 Å². The summed E-state index contributed by atoms with van der Waals surface area (Å²) in [6.07, 6.45) is 6.76. The molecule has 0 heterocycles. The number of hydrogen-bond donors (Lipinski definition) is 1. The van der Waals surface area contributed by atoms with Crippen LogP contribution in [-0.4, -0.2) is 12.6 Å². The highest BCUT2D eigenvalue weighted by Crippen LogP contribution is 2.21. The van der Waals surface area contributed by atoms with E-state index in [-0.39, 0.29) is 0 Å². The highest BCUT2D eigenvalue weighted by molar-refractivity contribution is 5.33. The lowest BCUT2D eigenvalue weighted by Gasteiger charge is -2.23. The van der Waals surface area contributed by atoms with Gasteiger partial charge >= 0.3 is 0 Å². The fourth-order valence-electron chi connectivity index (χ4n) is 2.55. The van der Waals surface area contributed by atoms with Crippen LogP contribution in [0.15, 0.2) is 36.4 Å². The predicted octanol–water partition coefficient (Wildman–Crippen LogP) is 4.06. The van der Waals surface area contributed by atoms with Gasteiger partial charge in [0.05, 0.1) is 0 Å². The summed E-state index contributed by atoms with van der Waals surface area (Å²) in [5.41, 5.74) is 2.30. The van der Waals surface area contributed by atoms with Crippen molar-refractivity contribution in [2.24, 2.45) is 0 Å². The second kappa shape index (κ2) is 7.34. The molecule has 0 spiro atoms. The van der Waals surface area contributed by atoms with Crippen molar-refractivity contribution in [2.75, 3.05) is 6.61 Å². The van der Waals surface area contributed by atoms with Gasteiger partial charge in [-0.05, 0) is 31.4 Å². The summed E-state index contributed by atoms with van der Waals surface area (Å²) in [6, 6.07) is 8.97. The molecule has 0 aliphatic heterocycles. The van der Waals surface area contributed by atoms with E-state index in [2.05, 4.69) is 24.0 Å². The second-order valence-electron chi connectivity index (χ2n) is 5.57. The van der Waals surface area contributed by atoms with E-state index in [0.717, 1.165) is 17.9 Å². The summed E-state index contributed by atoms with van der Waals surface area (Å²) in [5, 5.41) is 3.66. The number of nitrogens with one attached hydrogen (secondary N) is 1. The Hall–Kier alpha value is -1.28. The lowest BCUT2D eigenvalue weighted by Crippen LogP contribution is -2.30. The van der Waals surface area contributed by atoms with E-state index in [1.807, 2.05) is 19.1 Å². The van der Waals surface area contributed by atoms with Crippen LogP contribution in [-0.2, 0) is 6.54 Å². The number of hydrogen-bond acceptors (Lipinski definition) is 2. The minimum absolute atomic E-state index is 0.598. The van der Waals surface area contributed by atoms with E-state index in [9.17, 15) is 0 Å². The molecule has 0 aromatic heterocycles. The van der Waals surface area contributed by atoms with Crippen molar-refractivity contribution in [1.29, 1.82) is 0 Å². The predicted molar refractivity (Wildman–Crippen MR) is 80.5 cm³/mol. The number of para-hydroxylation sites is 1. The highest BCUT2D eigenvalue weighted by Gasteiger charge is 2.13. The largest absolute Gasteiger partial charge is 0.489 e. The summed E-state index contributed by atoms with van der Waals surface area (Å²) < 4.78 is 5.80. The average Bonchev–Trinajstić information content (AvgIpc) is 2.45. The van der Waals surface area contributed by atoms with Gasteiger partial charge in [-0.25, -0.2) is 0 Å². The zero-order chi connectivity index (χ0) is 13.5. The fourth-order valence-corrected chi connectivity index (χ4v) is 2.55. The SMILES string of the molecule is C=C(C)COc1ccccc1CNC1CCCCC1. The molecule has 0 radical (unpaired) electrons. The van der Waals surface area contributed by atoms with Crippen molar-refractivity contribution >= 4 is 0 Å². The molecule has 0 atom stereocenters. The molecule has 0 bridgehead atoms. The van der Waals surface area contributed by atoms with Crippen LogP contribution in [0.1, 0.15) is 44.6 Å². The van der Waals surface area contributed by atoms with Crippen LogP contribution in [0.2, 0.25) is 0 Å². The zero-order valence-corrected chi connectivity index (χ0v) is 12.0. The zero-order valence-electron chi connectivity index (χ0n) is 12.0. The van der Waals surface area contributed by atoms with Crippen molar-refractivity contribution in [3.8, 4) is 5.75 Å². The average molecular weight is 259 g/mol. The number of rotatable bonds is 6. The van der Waals surface area contributed by atoms with E-state index in [4.69, 9.17) is 4.74 Å². The van der Waals surface area contributed by atoms with Gasteiger partial charge in [0, 0.05) is 18.2 Å². The van der Waals surface area contributed by atoms with Gasteiger partial charge in [0.25, 0.3) is 0 Å². The molecule has 2 rings (SSSR count). The maximum absolute atomic E-state index is 5.80. The Morgan fingerprint density at radius 1 is 1.26 bits per heavy atom. The van der Waals surface area contributed by atoms with Crippen molar-refractivity contribution in [2.45, 2.75) is 51.6 Å². The summed E-state index contributed by atoms with van der Waals surface area (Å²) >= 11 is 0. The van der Waals surface area contributed by atoms with Crippen LogP contribution in [0.3, 0.4) is 0 Å². The summed E-state index contributed by atoms with van der Waals surface area (Å²) in [7, 11) is 0. The standard InChI is InChI=1S/C17H25NO/c1-14(2)13-19-17-11-7-6-8-15(17)12-18-16-9-4-3-5-10-16/h6-8,11,16,18H,1,3-5,9-10,12-13H2,2H3. The van der Waals surface area contributed by atoms with E-state index in [0.29, 0.717) is 12.6 Å². The third kappa shape index (κ3) is 4.71. The minimum Gasteiger partial charge on any atom is -0.489 e. The first-order chi connectivity index (χ1) is 9.25. The maximum Gasteiger partial charge on any atom is 0.124 e. The first-order valence-electron chi connectivity index (χ1n) is 7.34. The molecule has 2 nitrogen and oxygen atoms in total. The van der Waals surface area contributed by atoms with Crippen molar-refractivity contribution < 1.29 is 4.74 Å². The molecular weight excluding hydrogens is 234 g/mol. The molecule has 1 aromatic rings. The third-order valence-corrected chi connectivity index (χ3v) is 3.63. The van der Waals surface area contributed by atoms with Gasteiger partial charge in [0.1, 0.15) is 12.4 Å². The molecule has 1 aromatic carbocycles. The quantitative estimate of drug-likeness (QED) is 0.778. The lowest BCUT2D eigenvalue weighted by atomic mass is 9.95. The van der Waals surface area contributed by atoms with E-state index < -0.39 is 0 Å². The summed E-state index contributed by atoms with van der Waals surface area (Å²) in [4.78, 5) is 0. The maximum atomic E-state index is 5.80. The molecule has 0 amide bonds. The smallest absolute Gasteiger partial charge is 0.124 e. The van der Waals surface area contributed by atoms with Crippen LogP contribution in [0, 0.1) is 0 Å². The van der Waals surface area contributed by atoms with Gasteiger partial charge in [0.2, 0.25) is 0 Å². The van der Waals surface area contributed by atoms with Crippen LogP contribution in [0.5, 0.6) is 5.75 Å². The monoisotopic (exact) mass is 259 g/mol. The molecule has 104 valence electrons. The number of ether oxygens (including phenoxy) is 1. The van der Waals surface area contributed by atoms with Crippen LogP contribution >= 0.6 is 0 Å². The Labute approximate surface area is 116 Å². The summed E-state index contributed by atoms with van der Waals surface area (Å²) in [5.74, 6) is 0.980. The molecule has 1 fully saturated rings. The normalized spacial score (nSPS) is 16.3. The topological polar surface area (TPSA) is 21.3 Å². The van der Waals surface area contributed by atoms with Gasteiger partial charge < -0.3 is 10.1 Å². The molecule has 0 saturated heterocycles. The van der Waals surface area contributed by atoms with Gasteiger partial charge in [-0.15, -0.1) is 0 Å². The fraction of sp³-hybridized carbons (Fsp3) is 0.529. The van der Waals surface area contributed by atoms with Gasteiger partial charge in [-0.2, -0.15) is 0 Å². The van der Waals surface area contributed by atoms with E-state index in [1.165, 1.54) is 37.7 Å². The van der Waals surface area contributed by atoms with Crippen molar-refractivity contribution in [3.63, 3.8) is 0 Å². The Balaban J connectivity index is 1.89. The summed E-state index contributed by atoms with van der Waals surface area (Å²) in [6.45, 7) is 7.37.